The number of rotatable bonds is 6. The Bertz CT molecular complexity index is 560. The van der Waals surface area contributed by atoms with E-state index in [0.717, 1.165) is 19.2 Å². The van der Waals surface area contributed by atoms with Crippen molar-refractivity contribution < 1.29 is 19.4 Å². The van der Waals surface area contributed by atoms with Gasteiger partial charge in [-0.05, 0) is 5.56 Å². The number of hydrogen-bond acceptors (Lipinski definition) is 7. The predicted molar refractivity (Wildman–Crippen MR) is 76.9 cm³/mol. The summed E-state index contributed by atoms with van der Waals surface area (Å²) in [7, 11) is 1.14. The summed E-state index contributed by atoms with van der Waals surface area (Å²) in [5.41, 5.74) is -1.06. The van der Waals surface area contributed by atoms with E-state index in [1.54, 1.807) is 0 Å². The molecule has 0 unspecified atom stereocenters. The number of alkyl halides is 2. The third-order valence-corrected chi connectivity index (χ3v) is 3.87. The maximum atomic E-state index is 11.1. The molecule has 0 N–H and O–H groups in total. The average molecular weight is 355 g/mol. The molecule has 1 aromatic carbocycles. The number of ether oxygens (including phenoxy) is 1. The van der Waals surface area contributed by atoms with Crippen molar-refractivity contribution in [1.29, 1.82) is 0 Å². The summed E-state index contributed by atoms with van der Waals surface area (Å²) in [6.45, 7) is 0. The Morgan fingerprint density at radius 3 is 2.10 bits per heavy atom. The fourth-order valence-electron chi connectivity index (χ4n) is 1.35. The van der Waals surface area contributed by atoms with Crippen LogP contribution in [0.2, 0.25) is 0 Å². The van der Waals surface area contributed by atoms with Gasteiger partial charge in [0.05, 0.1) is 22.7 Å². The molecule has 114 valence electrons. The van der Waals surface area contributed by atoms with E-state index < -0.39 is 32.0 Å². The van der Waals surface area contributed by atoms with E-state index in [1.807, 2.05) is 0 Å². The van der Waals surface area contributed by atoms with Gasteiger partial charge < -0.3 is 4.74 Å². The van der Waals surface area contributed by atoms with Crippen LogP contribution in [0.25, 0.3) is 0 Å². The van der Waals surface area contributed by atoms with Crippen LogP contribution in [0.15, 0.2) is 17.0 Å². The van der Waals surface area contributed by atoms with Crippen LogP contribution in [-0.4, -0.2) is 28.7 Å². The number of methoxy groups -OCH3 is 1. The third kappa shape index (κ3) is 4.45. The van der Waals surface area contributed by atoms with Crippen molar-refractivity contribution in [3.8, 4) is 0 Å². The molecule has 0 fully saturated rings. The molecule has 0 spiro atoms. The molecule has 0 amide bonds. The van der Waals surface area contributed by atoms with Crippen LogP contribution >= 0.6 is 35.0 Å². The summed E-state index contributed by atoms with van der Waals surface area (Å²) in [5.74, 6) is -0.969. The van der Waals surface area contributed by atoms with Crippen molar-refractivity contribution in [3.05, 3.63) is 37.9 Å². The second-order valence-electron chi connectivity index (χ2n) is 3.57. The standard InChI is InChI=1S/C10H8Cl2N2O6S/c1-20-8(15)4-21-9-6(13(16)17)2-5(10(11)12)3-7(9)14(18)19/h2-3,10H,4H2,1H3. The molecule has 0 saturated heterocycles. The topological polar surface area (TPSA) is 113 Å². The number of thioether (sulfide) groups is 1. The summed E-state index contributed by atoms with van der Waals surface area (Å²) < 4.78 is 4.39. The Labute approximate surface area is 132 Å². The molecule has 0 radical (unpaired) electrons. The van der Waals surface area contributed by atoms with E-state index in [9.17, 15) is 25.0 Å². The van der Waals surface area contributed by atoms with E-state index in [1.165, 1.54) is 0 Å². The number of nitro groups is 2. The van der Waals surface area contributed by atoms with Gasteiger partial charge in [0.25, 0.3) is 11.4 Å². The van der Waals surface area contributed by atoms with Crippen LogP contribution in [-0.2, 0) is 9.53 Å². The lowest BCUT2D eigenvalue weighted by molar-refractivity contribution is -0.399. The zero-order valence-corrected chi connectivity index (χ0v) is 12.8. The van der Waals surface area contributed by atoms with Crippen LogP contribution in [0, 0.1) is 20.2 Å². The fourth-order valence-corrected chi connectivity index (χ4v) is 2.55. The van der Waals surface area contributed by atoms with E-state index in [-0.39, 0.29) is 16.2 Å². The van der Waals surface area contributed by atoms with Gasteiger partial charge in [0.15, 0.2) is 4.90 Å². The van der Waals surface area contributed by atoms with Gasteiger partial charge in [0.1, 0.15) is 4.84 Å². The summed E-state index contributed by atoms with van der Waals surface area (Å²) in [4.78, 5) is 30.2. The van der Waals surface area contributed by atoms with Gasteiger partial charge in [-0.2, -0.15) is 0 Å². The molecule has 1 aromatic rings. The van der Waals surface area contributed by atoms with Gasteiger partial charge in [-0.3, -0.25) is 25.0 Å². The smallest absolute Gasteiger partial charge is 0.315 e. The average Bonchev–Trinajstić information content (AvgIpc) is 2.43. The number of benzene rings is 1. The molecule has 0 atom stereocenters. The highest BCUT2D eigenvalue weighted by molar-refractivity contribution is 8.00. The van der Waals surface area contributed by atoms with Crippen LogP contribution in [0.1, 0.15) is 10.4 Å². The molecule has 21 heavy (non-hydrogen) atoms. The summed E-state index contributed by atoms with van der Waals surface area (Å²) >= 11 is 11.8. The predicted octanol–water partition coefficient (Wildman–Crippen LogP) is 3.24. The number of carbonyl (C=O) groups excluding carboxylic acids is 1. The maximum absolute atomic E-state index is 11.1. The second kappa shape index (κ2) is 7.43. The number of nitro benzene ring substituents is 2. The SMILES string of the molecule is COC(=O)CSc1c([N+](=O)[O-])cc(C(Cl)Cl)cc1[N+](=O)[O-]. The number of esters is 1. The molecular formula is C10H8Cl2N2O6S. The first-order valence-corrected chi connectivity index (χ1v) is 7.08. The van der Waals surface area contributed by atoms with E-state index >= 15 is 0 Å². The first kappa shape index (κ1) is 17.5. The zero-order valence-electron chi connectivity index (χ0n) is 10.4. The summed E-state index contributed by atoms with van der Waals surface area (Å²) in [6, 6.07) is 2.08. The van der Waals surface area contributed by atoms with E-state index in [0.29, 0.717) is 11.8 Å². The van der Waals surface area contributed by atoms with Crippen LogP contribution in [0.4, 0.5) is 11.4 Å². The Morgan fingerprint density at radius 2 is 1.76 bits per heavy atom. The van der Waals surface area contributed by atoms with E-state index in [2.05, 4.69) is 4.74 Å². The van der Waals surface area contributed by atoms with Crippen LogP contribution in [0.3, 0.4) is 0 Å². The first-order chi connectivity index (χ1) is 9.77. The molecule has 0 saturated carbocycles. The Balaban J connectivity index is 3.39. The molecule has 0 aromatic heterocycles. The lowest BCUT2D eigenvalue weighted by Crippen LogP contribution is -2.05. The normalized spacial score (nSPS) is 10.5. The molecule has 8 nitrogen and oxygen atoms in total. The molecule has 0 aliphatic heterocycles. The molecule has 11 heteroatoms. The lowest BCUT2D eigenvalue weighted by Gasteiger charge is -2.07. The van der Waals surface area contributed by atoms with E-state index in [4.69, 9.17) is 23.2 Å². The Kier molecular flexibility index (Phi) is 6.19. The fraction of sp³-hybridized carbons (Fsp3) is 0.300. The minimum atomic E-state index is -1.15. The highest BCUT2D eigenvalue weighted by Gasteiger charge is 2.29. The number of hydrogen-bond donors (Lipinski definition) is 0. The Hall–Kier alpha value is -1.58. The maximum Gasteiger partial charge on any atom is 0.315 e. The van der Waals surface area contributed by atoms with Crippen LogP contribution in [0.5, 0.6) is 0 Å². The molecule has 0 aliphatic carbocycles. The van der Waals surface area contributed by atoms with Gasteiger partial charge >= 0.3 is 5.97 Å². The van der Waals surface area contributed by atoms with Crippen molar-refractivity contribution in [2.45, 2.75) is 9.73 Å². The number of carbonyl (C=O) groups is 1. The molecule has 1 rings (SSSR count). The highest BCUT2D eigenvalue weighted by atomic mass is 35.5. The number of nitrogens with zero attached hydrogens (tertiary/aromatic N) is 2. The summed E-state index contributed by atoms with van der Waals surface area (Å²) in [5, 5.41) is 22.1. The highest BCUT2D eigenvalue weighted by Crippen LogP contribution is 2.41. The summed E-state index contributed by atoms with van der Waals surface area (Å²) in [6.07, 6.45) is 0. The zero-order chi connectivity index (χ0) is 16.2. The van der Waals surface area contributed by atoms with Gasteiger partial charge in [-0.15, -0.1) is 35.0 Å². The quantitative estimate of drug-likeness (QED) is 0.253. The lowest BCUT2D eigenvalue weighted by atomic mass is 10.2. The molecule has 0 heterocycles. The van der Waals surface area contributed by atoms with Crippen molar-refractivity contribution in [2.24, 2.45) is 0 Å². The molecular weight excluding hydrogens is 347 g/mol. The number of halogens is 2. The van der Waals surface area contributed by atoms with Crippen molar-refractivity contribution in [2.75, 3.05) is 12.9 Å². The Morgan fingerprint density at radius 1 is 1.29 bits per heavy atom. The van der Waals surface area contributed by atoms with Crippen LogP contribution < -0.4 is 0 Å². The molecule has 0 bridgehead atoms. The minimum Gasteiger partial charge on any atom is -0.468 e. The van der Waals surface area contributed by atoms with Gasteiger partial charge in [0, 0.05) is 12.1 Å². The van der Waals surface area contributed by atoms with Gasteiger partial charge in [0.2, 0.25) is 0 Å². The van der Waals surface area contributed by atoms with Gasteiger partial charge in [-0.1, -0.05) is 0 Å². The van der Waals surface area contributed by atoms with Crippen molar-refractivity contribution in [3.63, 3.8) is 0 Å². The van der Waals surface area contributed by atoms with Crippen molar-refractivity contribution in [1.82, 2.24) is 0 Å². The molecule has 0 aliphatic rings. The second-order valence-corrected chi connectivity index (χ2v) is 5.65. The third-order valence-electron chi connectivity index (χ3n) is 2.28. The minimum absolute atomic E-state index is 0.0270. The first-order valence-electron chi connectivity index (χ1n) is 5.22. The van der Waals surface area contributed by atoms with Crippen molar-refractivity contribution >= 4 is 52.3 Å². The monoisotopic (exact) mass is 354 g/mol. The largest absolute Gasteiger partial charge is 0.468 e. The van der Waals surface area contributed by atoms with Gasteiger partial charge in [-0.25, -0.2) is 0 Å².